The van der Waals surface area contributed by atoms with Crippen molar-refractivity contribution in [1.82, 2.24) is 0 Å². The molecule has 1 aromatic heterocycles. The molecular weight excluding hydrogens is 272 g/mol. The van der Waals surface area contributed by atoms with Crippen molar-refractivity contribution in [2.75, 3.05) is 0 Å². The maximum atomic E-state index is 12.5. The summed E-state index contributed by atoms with van der Waals surface area (Å²) < 4.78 is 11.2. The molecule has 0 bridgehead atoms. The molecule has 0 radical (unpaired) electrons. The van der Waals surface area contributed by atoms with E-state index in [-0.39, 0.29) is 34.8 Å². The Balaban J connectivity index is 2.15. The second-order valence-electron chi connectivity index (χ2n) is 4.87. The highest BCUT2D eigenvalue weighted by atomic mass is 16.5. The van der Waals surface area contributed by atoms with E-state index >= 15 is 0 Å². The Kier molecular flexibility index (Phi) is 2.27. The molecule has 0 atom stereocenters. The highest BCUT2D eigenvalue weighted by molar-refractivity contribution is 5.88. The first-order chi connectivity index (χ1) is 10.1. The van der Waals surface area contributed by atoms with E-state index in [1.807, 2.05) is 24.3 Å². The lowest BCUT2D eigenvalue weighted by Crippen LogP contribution is -2.14. The summed E-state index contributed by atoms with van der Waals surface area (Å²) in [6.07, 6.45) is 0. The average molecular weight is 282 g/mol. The molecule has 3 aromatic rings. The van der Waals surface area contributed by atoms with Gasteiger partial charge in [0, 0.05) is 23.3 Å². The van der Waals surface area contributed by atoms with Crippen LogP contribution in [0.3, 0.4) is 0 Å². The van der Waals surface area contributed by atoms with Crippen molar-refractivity contribution < 1.29 is 19.4 Å². The van der Waals surface area contributed by atoms with Gasteiger partial charge in [-0.2, -0.15) is 0 Å². The van der Waals surface area contributed by atoms with E-state index in [2.05, 4.69) is 0 Å². The minimum absolute atomic E-state index is 0.00549. The van der Waals surface area contributed by atoms with Crippen molar-refractivity contribution in [1.29, 1.82) is 0 Å². The summed E-state index contributed by atoms with van der Waals surface area (Å²) in [4.78, 5) is 12.5. The Bertz CT molecular complexity index is 939. The number of phenols is 2. The molecule has 2 heterocycles. The molecule has 0 saturated carbocycles. The number of phenolic OH excluding ortho intramolecular Hbond substituents is 2. The molecule has 1 aliphatic rings. The second-order valence-corrected chi connectivity index (χ2v) is 4.87. The molecule has 0 aliphatic carbocycles. The van der Waals surface area contributed by atoms with Gasteiger partial charge >= 0.3 is 0 Å². The van der Waals surface area contributed by atoms with E-state index in [0.717, 1.165) is 17.2 Å². The third kappa shape index (κ3) is 1.61. The summed E-state index contributed by atoms with van der Waals surface area (Å²) in [6, 6.07) is 9.86. The van der Waals surface area contributed by atoms with Crippen LogP contribution in [-0.4, -0.2) is 10.2 Å². The van der Waals surface area contributed by atoms with E-state index in [9.17, 15) is 15.0 Å². The Morgan fingerprint density at radius 2 is 1.90 bits per heavy atom. The molecule has 21 heavy (non-hydrogen) atoms. The molecule has 104 valence electrons. The molecule has 1 aliphatic heterocycles. The summed E-state index contributed by atoms with van der Waals surface area (Å²) in [5, 5.41) is 19.4. The van der Waals surface area contributed by atoms with E-state index in [1.54, 1.807) is 0 Å². The van der Waals surface area contributed by atoms with Gasteiger partial charge in [-0.1, -0.05) is 24.3 Å². The van der Waals surface area contributed by atoms with Crippen LogP contribution < -0.4 is 10.2 Å². The first-order valence-electron chi connectivity index (χ1n) is 6.39. The standard InChI is InChI=1S/C16H10O5/c17-9-5-11(18)13-12(6-9)21-15-10-4-2-1-3-8(10)7-20-16(15)14(13)19/h1-6,17-18H,7H2. The zero-order chi connectivity index (χ0) is 14.6. The van der Waals surface area contributed by atoms with Gasteiger partial charge in [0.25, 0.3) is 0 Å². The van der Waals surface area contributed by atoms with Crippen LogP contribution in [0.2, 0.25) is 0 Å². The van der Waals surface area contributed by atoms with E-state index < -0.39 is 5.43 Å². The van der Waals surface area contributed by atoms with E-state index in [4.69, 9.17) is 9.15 Å². The first-order valence-corrected chi connectivity index (χ1v) is 6.39. The molecule has 0 fully saturated rings. The van der Waals surface area contributed by atoms with Crippen molar-refractivity contribution >= 4 is 11.0 Å². The van der Waals surface area contributed by atoms with Crippen molar-refractivity contribution in [3.05, 3.63) is 52.2 Å². The van der Waals surface area contributed by atoms with Crippen molar-refractivity contribution in [3.63, 3.8) is 0 Å². The second kappa shape index (κ2) is 4.02. The third-order valence-electron chi connectivity index (χ3n) is 3.55. The highest BCUT2D eigenvalue weighted by Gasteiger charge is 2.25. The van der Waals surface area contributed by atoms with Crippen LogP contribution >= 0.6 is 0 Å². The fourth-order valence-electron chi connectivity index (χ4n) is 2.59. The zero-order valence-electron chi connectivity index (χ0n) is 10.8. The lowest BCUT2D eigenvalue weighted by Gasteiger charge is -2.19. The third-order valence-corrected chi connectivity index (χ3v) is 3.55. The number of benzene rings is 2. The lowest BCUT2D eigenvalue weighted by molar-refractivity contribution is 0.290. The smallest absolute Gasteiger partial charge is 0.239 e. The van der Waals surface area contributed by atoms with Crippen LogP contribution in [0, 0.1) is 0 Å². The normalized spacial score (nSPS) is 12.6. The summed E-state index contributed by atoms with van der Waals surface area (Å²) in [5.41, 5.74) is 1.37. The molecule has 4 rings (SSSR count). The Labute approximate surface area is 118 Å². The topological polar surface area (TPSA) is 79.9 Å². The minimum Gasteiger partial charge on any atom is -0.508 e. The summed E-state index contributed by atoms with van der Waals surface area (Å²) in [6.45, 7) is 0.276. The van der Waals surface area contributed by atoms with Gasteiger partial charge in [-0.25, -0.2) is 0 Å². The van der Waals surface area contributed by atoms with Crippen LogP contribution in [0.5, 0.6) is 17.2 Å². The molecule has 0 spiro atoms. The molecule has 0 unspecified atom stereocenters. The quantitative estimate of drug-likeness (QED) is 0.662. The van der Waals surface area contributed by atoms with Crippen LogP contribution in [0.4, 0.5) is 0 Å². The van der Waals surface area contributed by atoms with Gasteiger partial charge in [0.2, 0.25) is 11.2 Å². The zero-order valence-corrected chi connectivity index (χ0v) is 10.8. The lowest BCUT2D eigenvalue weighted by atomic mass is 10.0. The summed E-state index contributed by atoms with van der Waals surface area (Å²) >= 11 is 0. The maximum Gasteiger partial charge on any atom is 0.239 e. The molecular formula is C16H10O5. The largest absolute Gasteiger partial charge is 0.508 e. The molecule has 5 heteroatoms. The van der Waals surface area contributed by atoms with Gasteiger partial charge < -0.3 is 19.4 Å². The number of hydrogen-bond acceptors (Lipinski definition) is 5. The first kappa shape index (κ1) is 11.8. The van der Waals surface area contributed by atoms with Crippen LogP contribution in [0.25, 0.3) is 22.3 Å². The predicted octanol–water partition coefficient (Wildman–Crippen LogP) is 2.76. The van der Waals surface area contributed by atoms with Crippen molar-refractivity contribution in [2.24, 2.45) is 0 Å². The van der Waals surface area contributed by atoms with Gasteiger partial charge in [-0.15, -0.1) is 0 Å². The minimum atomic E-state index is -0.446. The Morgan fingerprint density at radius 3 is 2.76 bits per heavy atom. The molecule has 2 N–H and O–H groups in total. The van der Waals surface area contributed by atoms with Gasteiger partial charge in [0.05, 0.1) is 0 Å². The fourth-order valence-corrected chi connectivity index (χ4v) is 2.59. The van der Waals surface area contributed by atoms with Crippen LogP contribution in [0.1, 0.15) is 5.56 Å². The number of rotatable bonds is 0. The number of fused-ring (bicyclic) bond motifs is 4. The molecule has 2 aromatic carbocycles. The highest BCUT2D eigenvalue weighted by Crippen LogP contribution is 2.39. The maximum absolute atomic E-state index is 12.5. The van der Waals surface area contributed by atoms with E-state index in [0.29, 0.717) is 5.76 Å². The van der Waals surface area contributed by atoms with E-state index in [1.165, 1.54) is 6.07 Å². The van der Waals surface area contributed by atoms with Gasteiger partial charge in [-0.3, -0.25) is 4.79 Å². The summed E-state index contributed by atoms with van der Waals surface area (Å²) in [5.74, 6) is -0.0985. The number of hydrogen-bond donors (Lipinski definition) is 2. The monoisotopic (exact) mass is 282 g/mol. The molecule has 0 amide bonds. The predicted molar refractivity (Wildman–Crippen MR) is 75.6 cm³/mol. The molecule has 0 saturated heterocycles. The van der Waals surface area contributed by atoms with Crippen LogP contribution in [-0.2, 0) is 6.61 Å². The number of aromatic hydroxyl groups is 2. The van der Waals surface area contributed by atoms with Crippen molar-refractivity contribution in [3.8, 4) is 28.6 Å². The van der Waals surface area contributed by atoms with Gasteiger partial charge in [-0.05, 0) is 0 Å². The Hall–Kier alpha value is -2.95. The Morgan fingerprint density at radius 1 is 1.10 bits per heavy atom. The van der Waals surface area contributed by atoms with Gasteiger partial charge in [0.15, 0.2) is 5.76 Å². The van der Waals surface area contributed by atoms with Crippen LogP contribution in [0.15, 0.2) is 45.6 Å². The van der Waals surface area contributed by atoms with Crippen molar-refractivity contribution in [2.45, 2.75) is 6.61 Å². The summed E-state index contributed by atoms with van der Waals surface area (Å²) in [7, 11) is 0. The SMILES string of the molecule is O=c1c2c(oc3cc(O)cc(O)c13)-c1ccccc1CO2. The number of ether oxygens (including phenoxy) is 1. The fraction of sp³-hybridized carbons (Fsp3) is 0.0625. The average Bonchev–Trinajstić information content (AvgIpc) is 2.46. The van der Waals surface area contributed by atoms with Gasteiger partial charge in [0.1, 0.15) is 29.1 Å². The molecule has 5 nitrogen and oxygen atoms in total.